The van der Waals surface area contributed by atoms with Crippen LogP contribution in [0, 0.1) is 17.1 Å². The van der Waals surface area contributed by atoms with E-state index in [-0.39, 0.29) is 12.2 Å². The number of pyridine rings is 1. The van der Waals surface area contributed by atoms with Crippen LogP contribution in [0.2, 0.25) is 0 Å². The van der Waals surface area contributed by atoms with Crippen LogP contribution in [-0.2, 0) is 4.79 Å². The molecular formula is C16H14FN3O2. The fourth-order valence-electron chi connectivity index (χ4n) is 1.85. The van der Waals surface area contributed by atoms with Gasteiger partial charge in [0.15, 0.2) is 11.6 Å². The quantitative estimate of drug-likeness (QED) is 0.920. The second-order valence-electron chi connectivity index (χ2n) is 4.60. The Bertz CT molecular complexity index is 698. The Kier molecular flexibility index (Phi) is 5.04. The summed E-state index contributed by atoms with van der Waals surface area (Å²) in [5, 5.41) is 11.1. The van der Waals surface area contributed by atoms with E-state index in [2.05, 4.69) is 10.3 Å². The standard InChI is InChI=1S/C16H14FN3O2/c1-11(20-16(21)6-7-18)12-4-5-15(14(17)9-12)22-13-3-2-8-19-10-13/h2-5,8-11H,6H2,1H3,(H,20,21). The van der Waals surface area contributed by atoms with E-state index < -0.39 is 17.8 Å². The lowest BCUT2D eigenvalue weighted by molar-refractivity contribution is -0.120. The Morgan fingerprint density at radius 3 is 2.95 bits per heavy atom. The second-order valence-corrected chi connectivity index (χ2v) is 4.60. The van der Waals surface area contributed by atoms with Crippen molar-refractivity contribution >= 4 is 5.91 Å². The summed E-state index contributed by atoms with van der Waals surface area (Å²) in [5.74, 6) is -0.425. The van der Waals surface area contributed by atoms with Crippen LogP contribution >= 0.6 is 0 Å². The van der Waals surface area contributed by atoms with E-state index in [0.29, 0.717) is 11.3 Å². The molecule has 0 spiro atoms. The van der Waals surface area contributed by atoms with Crippen molar-refractivity contribution in [2.24, 2.45) is 0 Å². The molecule has 0 aliphatic carbocycles. The third-order valence-corrected chi connectivity index (χ3v) is 2.94. The maximum atomic E-state index is 14.1. The number of rotatable bonds is 5. The summed E-state index contributed by atoms with van der Waals surface area (Å²) in [6.45, 7) is 1.71. The van der Waals surface area contributed by atoms with Crippen LogP contribution in [0.5, 0.6) is 11.5 Å². The topological polar surface area (TPSA) is 75.0 Å². The molecule has 5 nitrogen and oxygen atoms in total. The summed E-state index contributed by atoms with van der Waals surface area (Å²) in [4.78, 5) is 15.2. The van der Waals surface area contributed by atoms with Gasteiger partial charge in [-0.15, -0.1) is 0 Å². The van der Waals surface area contributed by atoms with E-state index in [0.717, 1.165) is 0 Å². The number of nitriles is 1. The number of benzene rings is 1. The van der Waals surface area contributed by atoms with Gasteiger partial charge in [0.1, 0.15) is 12.2 Å². The van der Waals surface area contributed by atoms with Gasteiger partial charge in [-0.05, 0) is 36.8 Å². The molecule has 2 aromatic rings. The highest BCUT2D eigenvalue weighted by Crippen LogP contribution is 2.26. The fraction of sp³-hybridized carbons (Fsp3) is 0.188. The van der Waals surface area contributed by atoms with Crippen molar-refractivity contribution in [1.82, 2.24) is 10.3 Å². The van der Waals surface area contributed by atoms with Crippen molar-refractivity contribution in [2.75, 3.05) is 0 Å². The number of nitrogens with one attached hydrogen (secondary N) is 1. The van der Waals surface area contributed by atoms with Gasteiger partial charge in [-0.1, -0.05) is 6.07 Å². The molecule has 0 radical (unpaired) electrons. The van der Waals surface area contributed by atoms with Crippen molar-refractivity contribution in [1.29, 1.82) is 5.26 Å². The number of aromatic nitrogens is 1. The number of carbonyl (C=O) groups is 1. The molecule has 6 heteroatoms. The summed E-state index contributed by atoms with van der Waals surface area (Å²) >= 11 is 0. The second kappa shape index (κ2) is 7.18. The molecule has 1 aromatic heterocycles. The van der Waals surface area contributed by atoms with Crippen LogP contribution in [-0.4, -0.2) is 10.9 Å². The zero-order chi connectivity index (χ0) is 15.9. The van der Waals surface area contributed by atoms with Crippen molar-refractivity contribution < 1.29 is 13.9 Å². The van der Waals surface area contributed by atoms with Crippen LogP contribution < -0.4 is 10.1 Å². The molecule has 0 saturated carbocycles. The molecule has 0 aliphatic heterocycles. The summed E-state index contributed by atoms with van der Waals surface area (Å²) in [7, 11) is 0. The SMILES string of the molecule is CC(NC(=O)CC#N)c1ccc(Oc2cccnc2)c(F)c1. The van der Waals surface area contributed by atoms with E-state index in [9.17, 15) is 9.18 Å². The van der Waals surface area contributed by atoms with Gasteiger partial charge in [0, 0.05) is 6.20 Å². The largest absolute Gasteiger partial charge is 0.453 e. The van der Waals surface area contributed by atoms with Gasteiger partial charge in [0.25, 0.3) is 0 Å². The number of carbonyl (C=O) groups excluding carboxylic acids is 1. The number of nitrogens with zero attached hydrogens (tertiary/aromatic N) is 2. The van der Waals surface area contributed by atoms with Crippen LogP contribution in [0.4, 0.5) is 4.39 Å². The average molecular weight is 299 g/mol. The Balaban J connectivity index is 2.09. The fourth-order valence-corrected chi connectivity index (χ4v) is 1.85. The molecule has 1 amide bonds. The lowest BCUT2D eigenvalue weighted by Gasteiger charge is -2.14. The molecule has 0 bridgehead atoms. The summed E-state index contributed by atoms with van der Waals surface area (Å²) in [6, 6.07) is 9.16. The van der Waals surface area contributed by atoms with Gasteiger partial charge in [-0.3, -0.25) is 9.78 Å². The average Bonchev–Trinajstić information content (AvgIpc) is 2.50. The Hall–Kier alpha value is -2.94. The van der Waals surface area contributed by atoms with Crippen molar-refractivity contribution in [3.05, 3.63) is 54.1 Å². The first-order valence-corrected chi connectivity index (χ1v) is 6.64. The van der Waals surface area contributed by atoms with Crippen LogP contribution in [0.15, 0.2) is 42.7 Å². The minimum Gasteiger partial charge on any atom is -0.453 e. The number of amides is 1. The van der Waals surface area contributed by atoms with E-state index in [1.165, 1.54) is 18.3 Å². The highest BCUT2D eigenvalue weighted by molar-refractivity contribution is 5.78. The zero-order valence-corrected chi connectivity index (χ0v) is 11.9. The first-order valence-electron chi connectivity index (χ1n) is 6.64. The summed E-state index contributed by atoms with van der Waals surface area (Å²) < 4.78 is 19.5. The normalized spacial score (nSPS) is 11.3. The lowest BCUT2D eigenvalue weighted by atomic mass is 10.1. The maximum absolute atomic E-state index is 14.1. The molecule has 0 saturated heterocycles. The third kappa shape index (κ3) is 4.03. The maximum Gasteiger partial charge on any atom is 0.234 e. The zero-order valence-electron chi connectivity index (χ0n) is 11.9. The van der Waals surface area contributed by atoms with Crippen LogP contribution in [0.1, 0.15) is 24.9 Å². The van der Waals surface area contributed by atoms with Crippen molar-refractivity contribution in [2.45, 2.75) is 19.4 Å². The van der Waals surface area contributed by atoms with Crippen LogP contribution in [0.3, 0.4) is 0 Å². The van der Waals surface area contributed by atoms with E-state index in [1.54, 1.807) is 37.4 Å². The Morgan fingerprint density at radius 1 is 1.50 bits per heavy atom. The van der Waals surface area contributed by atoms with Crippen molar-refractivity contribution in [3.8, 4) is 17.6 Å². The van der Waals surface area contributed by atoms with Gasteiger partial charge in [0.05, 0.1) is 18.3 Å². The molecule has 1 N–H and O–H groups in total. The third-order valence-electron chi connectivity index (χ3n) is 2.94. The minimum atomic E-state index is -0.539. The highest BCUT2D eigenvalue weighted by atomic mass is 19.1. The monoisotopic (exact) mass is 299 g/mol. The van der Waals surface area contributed by atoms with E-state index >= 15 is 0 Å². The molecule has 1 heterocycles. The first-order chi connectivity index (χ1) is 10.6. The molecule has 0 aliphatic rings. The molecular weight excluding hydrogens is 285 g/mol. The molecule has 112 valence electrons. The predicted octanol–water partition coefficient (Wildman–Crippen LogP) is 3.10. The summed E-state index contributed by atoms with van der Waals surface area (Å²) in [5.41, 5.74) is 0.585. The van der Waals surface area contributed by atoms with Gasteiger partial charge in [-0.25, -0.2) is 4.39 Å². The summed E-state index contributed by atoms with van der Waals surface area (Å²) in [6.07, 6.45) is 2.85. The smallest absolute Gasteiger partial charge is 0.234 e. The van der Waals surface area contributed by atoms with Crippen molar-refractivity contribution in [3.63, 3.8) is 0 Å². The molecule has 0 fully saturated rings. The van der Waals surface area contributed by atoms with Gasteiger partial charge in [0.2, 0.25) is 5.91 Å². The molecule has 22 heavy (non-hydrogen) atoms. The predicted molar refractivity (Wildman–Crippen MR) is 77.5 cm³/mol. The molecule has 1 aromatic carbocycles. The molecule has 2 rings (SSSR count). The lowest BCUT2D eigenvalue weighted by Crippen LogP contribution is -2.25. The Labute approximate surface area is 127 Å². The number of ether oxygens (including phenoxy) is 1. The highest BCUT2D eigenvalue weighted by Gasteiger charge is 2.12. The molecule has 1 atom stereocenters. The van der Waals surface area contributed by atoms with Gasteiger partial charge < -0.3 is 10.1 Å². The van der Waals surface area contributed by atoms with Gasteiger partial charge in [-0.2, -0.15) is 5.26 Å². The minimum absolute atomic E-state index is 0.0762. The van der Waals surface area contributed by atoms with Crippen LogP contribution in [0.25, 0.3) is 0 Å². The Morgan fingerprint density at radius 2 is 2.32 bits per heavy atom. The number of halogens is 1. The van der Waals surface area contributed by atoms with E-state index in [4.69, 9.17) is 10.00 Å². The molecule has 1 unspecified atom stereocenters. The number of hydrogen-bond donors (Lipinski definition) is 1. The van der Waals surface area contributed by atoms with Gasteiger partial charge >= 0.3 is 0 Å². The first kappa shape index (κ1) is 15.4. The van der Waals surface area contributed by atoms with E-state index in [1.807, 2.05) is 0 Å². The number of hydrogen-bond acceptors (Lipinski definition) is 4.